The highest BCUT2D eigenvalue weighted by Crippen LogP contribution is 2.44. The number of aliphatic carboxylic acids is 1. The summed E-state index contributed by atoms with van der Waals surface area (Å²) < 4.78 is 10.5. The van der Waals surface area contributed by atoms with Gasteiger partial charge < -0.3 is 25.2 Å². The van der Waals surface area contributed by atoms with Crippen LogP contribution >= 0.6 is 0 Å². The first-order valence-electron chi connectivity index (χ1n) is 11.1. The number of rotatable bonds is 11. The van der Waals surface area contributed by atoms with Gasteiger partial charge in [-0.15, -0.1) is 0 Å². The molecule has 0 saturated heterocycles. The molecule has 3 rings (SSSR count). The van der Waals surface area contributed by atoms with E-state index in [0.717, 1.165) is 22.3 Å². The molecule has 8 heteroatoms. The Morgan fingerprint density at radius 2 is 1.64 bits per heavy atom. The minimum absolute atomic E-state index is 0.0644. The van der Waals surface area contributed by atoms with Crippen molar-refractivity contribution in [3.05, 3.63) is 59.7 Å². The highest BCUT2D eigenvalue weighted by Gasteiger charge is 2.30. The lowest BCUT2D eigenvalue weighted by Crippen LogP contribution is -2.51. The molecule has 0 heterocycles. The van der Waals surface area contributed by atoms with E-state index >= 15 is 0 Å². The predicted molar refractivity (Wildman–Crippen MR) is 123 cm³/mol. The second kappa shape index (κ2) is 11.5. The zero-order valence-corrected chi connectivity index (χ0v) is 18.9. The van der Waals surface area contributed by atoms with Crippen LogP contribution in [-0.4, -0.2) is 55.5 Å². The SMILES string of the molecule is CCC(C)C(NC(=O)OCC1c2ccccc2-c2ccccc21)C(=O)NCCOCC(=O)O. The Morgan fingerprint density at radius 3 is 2.21 bits per heavy atom. The highest BCUT2D eigenvalue weighted by molar-refractivity contribution is 5.86. The van der Waals surface area contributed by atoms with Crippen LogP contribution in [-0.2, 0) is 19.1 Å². The van der Waals surface area contributed by atoms with Gasteiger partial charge in [0.1, 0.15) is 19.3 Å². The van der Waals surface area contributed by atoms with E-state index in [2.05, 4.69) is 22.8 Å². The Kier molecular flexibility index (Phi) is 8.43. The molecule has 2 unspecified atom stereocenters. The van der Waals surface area contributed by atoms with Gasteiger partial charge in [-0.2, -0.15) is 0 Å². The fraction of sp³-hybridized carbons (Fsp3) is 0.400. The van der Waals surface area contributed by atoms with Crippen LogP contribution in [0.15, 0.2) is 48.5 Å². The number of hydrogen-bond donors (Lipinski definition) is 3. The van der Waals surface area contributed by atoms with Crippen LogP contribution < -0.4 is 10.6 Å². The van der Waals surface area contributed by atoms with E-state index in [4.69, 9.17) is 14.6 Å². The van der Waals surface area contributed by atoms with E-state index in [-0.39, 0.29) is 37.5 Å². The number of nitrogens with one attached hydrogen (secondary N) is 2. The maximum absolute atomic E-state index is 12.6. The molecule has 1 aliphatic rings. The number of carboxylic acids is 1. The van der Waals surface area contributed by atoms with Crippen molar-refractivity contribution < 1.29 is 29.0 Å². The van der Waals surface area contributed by atoms with Crippen molar-refractivity contribution >= 4 is 18.0 Å². The molecule has 0 aromatic heterocycles. The van der Waals surface area contributed by atoms with Gasteiger partial charge in [-0.3, -0.25) is 4.79 Å². The quantitative estimate of drug-likeness (QED) is 0.450. The Morgan fingerprint density at radius 1 is 1.03 bits per heavy atom. The number of alkyl carbamates (subject to hydrolysis) is 1. The number of carboxylic acid groups (broad SMARTS) is 1. The van der Waals surface area contributed by atoms with E-state index in [0.29, 0.717) is 6.42 Å². The summed E-state index contributed by atoms with van der Waals surface area (Å²) in [7, 11) is 0. The number of carbonyl (C=O) groups excluding carboxylic acids is 2. The summed E-state index contributed by atoms with van der Waals surface area (Å²) in [6, 6.07) is 15.4. The number of ether oxygens (including phenoxy) is 2. The third-order valence-electron chi connectivity index (χ3n) is 5.88. The van der Waals surface area contributed by atoms with Crippen molar-refractivity contribution in [3.63, 3.8) is 0 Å². The van der Waals surface area contributed by atoms with Crippen LogP contribution in [0.25, 0.3) is 11.1 Å². The predicted octanol–water partition coefficient (Wildman–Crippen LogP) is 3.16. The lowest BCUT2D eigenvalue weighted by atomic mass is 9.98. The molecule has 0 bridgehead atoms. The van der Waals surface area contributed by atoms with E-state index in [1.54, 1.807) is 0 Å². The molecule has 2 amide bonds. The Hall–Kier alpha value is -3.39. The van der Waals surface area contributed by atoms with Gasteiger partial charge in [-0.1, -0.05) is 68.8 Å². The van der Waals surface area contributed by atoms with Gasteiger partial charge in [-0.05, 0) is 28.2 Å². The number of hydrogen-bond acceptors (Lipinski definition) is 5. The molecular formula is C25H30N2O6. The first-order valence-corrected chi connectivity index (χ1v) is 11.1. The molecule has 2 aromatic carbocycles. The van der Waals surface area contributed by atoms with Crippen LogP contribution in [0.2, 0.25) is 0 Å². The van der Waals surface area contributed by atoms with Crippen molar-refractivity contribution in [3.8, 4) is 11.1 Å². The van der Waals surface area contributed by atoms with Crippen molar-refractivity contribution in [1.82, 2.24) is 10.6 Å². The summed E-state index contributed by atoms with van der Waals surface area (Å²) in [4.78, 5) is 35.7. The fourth-order valence-electron chi connectivity index (χ4n) is 3.98. The van der Waals surface area contributed by atoms with E-state index in [1.807, 2.05) is 50.2 Å². The highest BCUT2D eigenvalue weighted by atomic mass is 16.5. The standard InChI is InChI=1S/C25H30N2O6/c1-3-16(2)23(24(30)26-12-13-32-15-22(28)29)27-25(31)33-14-21-19-10-6-4-8-17(19)18-9-5-7-11-20(18)21/h4-11,16,21,23H,3,12-15H2,1-2H3,(H,26,30)(H,27,31)(H,28,29). The molecule has 0 spiro atoms. The maximum Gasteiger partial charge on any atom is 0.407 e. The van der Waals surface area contributed by atoms with Crippen molar-refractivity contribution in [2.45, 2.75) is 32.2 Å². The molecule has 1 aliphatic carbocycles. The first-order chi connectivity index (χ1) is 15.9. The molecular weight excluding hydrogens is 424 g/mol. The van der Waals surface area contributed by atoms with Crippen LogP contribution in [0, 0.1) is 5.92 Å². The number of fused-ring (bicyclic) bond motifs is 3. The van der Waals surface area contributed by atoms with E-state index in [9.17, 15) is 14.4 Å². The monoisotopic (exact) mass is 454 g/mol. The molecule has 3 N–H and O–H groups in total. The van der Waals surface area contributed by atoms with Crippen LogP contribution in [0.4, 0.5) is 4.79 Å². The van der Waals surface area contributed by atoms with Crippen LogP contribution in [0.5, 0.6) is 0 Å². The van der Waals surface area contributed by atoms with Gasteiger partial charge in [0.2, 0.25) is 5.91 Å². The minimum atomic E-state index is -1.07. The zero-order chi connectivity index (χ0) is 23.8. The fourth-order valence-corrected chi connectivity index (χ4v) is 3.98. The molecule has 0 saturated carbocycles. The smallest absolute Gasteiger partial charge is 0.407 e. The summed E-state index contributed by atoms with van der Waals surface area (Å²) in [5, 5.41) is 13.9. The summed E-state index contributed by atoms with van der Waals surface area (Å²) in [6.45, 7) is 3.75. The lowest BCUT2D eigenvalue weighted by molar-refractivity contribution is -0.142. The largest absolute Gasteiger partial charge is 0.480 e. The van der Waals surface area contributed by atoms with Gasteiger partial charge in [0.25, 0.3) is 0 Å². The van der Waals surface area contributed by atoms with Crippen molar-refractivity contribution in [1.29, 1.82) is 0 Å². The second-order valence-corrected chi connectivity index (χ2v) is 8.07. The number of benzene rings is 2. The molecule has 0 radical (unpaired) electrons. The molecule has 0 aliphatic heterocycles. The second-order valence-electron chi connectivity index (χ2n) is 8.07. The van der Waals surface area contributed by atoms with Gasteiger partial charge >= 0.3 is 12.1 Å². The van der Waals surface area contributed by atoms with Crippen LogP contribution in [0.1, 0.15) is 37.3 Å². The molecule has 33 heavy (non-hydrogen) atoms. The average molecular weight is 455 g/mol. The first kappa shape index (κ1) is 24.3. The molecule has 8 nitrogen and oxygen atoms in total. The Labute approximate surface area is 193 Å². The van der Waals surface area contributed by atoms with Crippen LogP contribution in [0.3, 0.4) is 0 Å². The summed E-state index contributed by atoms with van der Waals surface area (Å²) >= 11 is 0. The normalized spacial score (nSPS) is 14.0. The molecule has 2 atom stereocenters. The van der Waals surface area contributed by atoms with E-state index < -0.39 is 24.7 Å². The average Bonchev–Trinajstić information content (AvgIpc) is 3.14. The summed E-state index contributed by atoms with van der Waals surface area (Å²) in [5.74, 6) is -1.62. The lowest BCUT2D eigenvalue weighted by Gasteiger charge is -2.24. The van der Waals surface area contributed by atoms with Crippen molar-refractivity contribution in [2.24, 2.45) is 5.92 Å². The molecule has 2 aromatic rings. The zero-order valence-electron chi connectivity index (χ0n) is 18.9. The van der Waals surface area contributed by atoms with Crippen molar-refractivity contribution in [2.75, 3.05) is 26.4 Å². The number of carbonyl (C=O) groups is 3. The summed E-state index contributed by atoms with van der Waals surface area (Å²) in [6.07, 6.45) is 0.0245. The Balaban J connectivity index is 1.57. The molecule has 0 fully saturated rings. The third-order valence-corrected chi connectivity index (χ3v) is 5.88. The van der Waals surface area contributed by atoms with Gasteiger partial charge in [0.15, 0.2) is 0 Å². The van der Waals surface area contributed by atoms with Gasteiger partial charge in [0, 0.05) is 12.5 Å². The minimum Gasteiger partial charge on any atom is -0.480 e. The van der Waals surface area contributed by atoms with Gasteiger partial charge in [0.05, 0.1) is 6.61 Å². The maximum atomic E-state index is 12.6. The third kappa shape index (κ3) is 6.10. The van der Waals surface area contributed by atoms with Gasteiger partial charge in [-0.25, -0.2) is 9.59 Å². The Bertz CT molecular complexity index is 947. The topological polar surface area (TPSA) is 114 Å². The molecule has 176 valence electrons. The number of amides is 2. The summed E-state index contributed by atoms with van der Waals surface area (Å²) in [5.41, 5.74) is 4.52. The van der Waals surface area contributed by atoms with E-state index in [1.165, 1.54) is 0 Å².